The molecule has 2 nitrogen and oxygen atoms in total. The summed E-state index contributed by atoms with van der Waals surface area (Å²) in [4.78, 5) is 0. The first-order chi connectivity index (χ1) is 7.58. The predicted octanol–water partition coefficient (Wildman–Crippen LogP) is 2.41. The lowest BCUT2D eigenvalue weighted by Gasteiger charge is -2.09. The standard InChI is InChI=1S/C12H15F2NO/c1-16-7-8-2-3-10(9(4-8)6-15)11-5-12(11,13)14/h2-4,11H,5-7,15H2,1H3. The van der Waals surface area contributed by atoms with Crippen LogP contribution in [-0.2, 0) is 17.9 Å². The van der Waals surface area contributed by atoms with Crippen LogP contribution in [0.3, 0.4) is 0 Å². The molecule has 0 amide bonds. The molecule has 0 aromatic heterocycles. The van der Waals surface area contributed by atoms with Crippen molar-refractivity contribution in [1.82, 2.24) is 0 Å². The van der Waals surface area contributed by atoms with Gasteiger partial charge in [0.2, 0.25) is 0 Å². The second-order valence-corrected chi connectivity index (χ2v) is 4.19. The van der Waals surface area contributed by atoms with Crippen LogP contribution in [0.4, 0.5) is 8.78 Å². The minimum Gasteiger partial charge on any atom is -0.380 e. The lowest BCUT2D eigenvalue weighted by molar-refractivity contribution is 0.112. The third-order valence-electron chi connectivity index (χ3n) is 2.94. The highest BCUT2D eigenvalue weighted by Crippen LogP contribution is 2.56. The predicted molar refractivity (Wildman–Crippen MR) is 57.4 cm³/mol. The Bertz CT molecular complexity index is 393. The Morgan fingerprint density at radius 2 is 2.19 bits per heavy atom. The van der Waals surface area contributed by atoms with Crippen LogP contribution in [0.1, 0.15) is 29.0 Å². The monoisotopic (exact) mass is 227 g/mol. The molecule has 2 rings (SSSR count). The van der Waals surface area contributed by atoms with Gasteiger partial charge in [0.15, 0.2) is 0 Å². The van der Waals surface area contributed by atoms with Gasteiger partial charge in [-0.2, -0.15) is 0 Å². The third-order valence-corrected chi connectivity index (χ3v) is 2.94. The van der Waals surface area contributed by atoms with Crippen LogP contribution in [0, 0.1) is 0 Å². The van der Waals surface area contributed by atoms with Crippen molar-refractivity contribution in [3.05, 3.63) is 34.9 Å². The van der Waals surface area contributed by atoms with Crippen molar-refractivity contribution in [1.29, 1.82) is 0 Å². The molecule has 2 N–H and O–H groups in total. The van der Waals surface area contributed by atoms with Crippen LogP contribution >= 0.6 is 0 Å². The first-order valence-electron chi connectivity index (χ1n) is 5.27. The third kappa shape index (κ3) is 2.08. The van der Waals surface area contributed by atoms with Crippen LogP contribution in [0.5, 0.6) is 0 Å². The first kappa shape index (κ1) is 11.5. The van der Waals surface area contributed by atoms with Gasteiger partial charge in [-0.15, -0.1) is 0 Å². The van der Waals surface area contributed by atoms with Crippen molar-refractivity contribution in [3.63, 3.8) is 0 Å². The molecule has 1 unspecified atom stereocenters. The SMILES string of the molecule is COCc1ccc(C2CC2(F)F)c(CN)c1. The van der Waals surface area contributed by atoms with Gasteiger partial charge in [0, 0.05) is 20.1 Å². The summed E-state index contributed by atoms with van der Waals surface area (Å²) in [5, 5.41) is 0. The number of nitrogens with two attached hydrogens (primary N) is 1. The fourth-order valence-electron chi connectivity index (χ4n) is 1.98. The van der Waals surface area contributed by atoms with E-state index in [0.717, 1.165) is 11.1 Å². The second kappa shape index (κ2) is 4.11. The van der Waals surface area contributed by atoms with Crippen molar-refractivity contribution >= 4 is 0 Å². The fraction of sp³-hybridized carbons (Fsp3) is 0.500. The van der Waals surface area contributed by atoms with Crippen LogP contribution in [0.2, 0.25) is 0 Å². The Balaban J connectivity index is 2.26. The fourth-order valence-corrected chi connectivity index (χ4v) is 1.98. The van der Waals surface area contributed by atoms with E-state index in [-0.39, 0.29) is 6.42 Å². The number of halogens is 2. The molecule has 0 heterocycles. The van der Waals surface area contributed by atoms with E-state index < -0.39 is 11.8 Å². The Kier molecular flexibility index (Phi) is 2.95. The highest BCUT2D eigenvalue weighted by atomic mass is 19.3. The lowest BCUT2D eigenvalue weighted by Crippen LogP contribution is -2.04. The van der Waals surface area contributed by atoms with Crippen LogP contribution < -0.4 is 5.73 Å². The summed E-state index contributed by atoms with van der Waals surface area (Å²) < 4.78 is 31.0. The molecule has 0 spiro atoms. The second-order valence-electron chi connectivity index (χ2n) is 4.19. The van der Waals surface area contributed by atoms with Gasteiger partial charge < -0.3 is 10.5 Å². The molecule has 0 radical (unpaired) electrons. The van der Waals surface area contributed by atoms with Crippen LogP contribution in [-0.4, -0.2) is 13.0 Å². The molecular weight excluding hydrogens is 212 g/mol. The smallest absolute Gasteiger partial charge is 0.255 e. The van der Waals surface area contributed by atoms with E-state index in [0.29, 0.717) is 18.7 Å². The molecule has 0 saturated heterocycles. The number of hydrogen-bond acceptors (Lipinski definition) is 2. The van der Waals surface area contributed by atoms with E-state index in [1.165, 1.54) is 0 Å². The number of ether oxygens (including phenoxy) is 1. The van der Waals surface area contributed by atoms with Gasteiger partial charge in [0.25, 0.3) is 5.92 Å². The summed E-state index contributed by atoms with van der Waals surface area (Å²) in [6.45, 7) is 0.772. The lowest BCUT2D eigenvalue weighted by atomic mass is 10.0. The highest BCUT2D eigenvalue weighted by molar-refractivity contribution is 5.39. The number of methoxy groups -OCH3 is 1. The van der Waals surface area contributed by atoms with Gasteiger partial charge in [-0.3, -0.25) is 0 Å². The maximum absolute atomic E-state index is 13.0. The molecule has 1 aromatic carbocycles. The maximum Gasteiger partial charge on any atom is 0.255 e. The maximum atomic E-state index is 13.0. The van der Waals surface area contributed by atoms with Crippen molar-refractivity contribution in [2.75, 3.05) is 7.11 Å². The molecular formula is C12H15F2NO. The summed E-state index contributed by atoms with van der Waals surface area (Å²) in [6, 6.07) is 5.43. The van der Waals surface area contributed by atoms with E-state index in [1.807, 2.05) is 12.1 Å². The summed E-state index contributed by atoms with van der Waals surface area (Å²) in [6.07, 6.45) is -0.0520. The van der Waals surface area contributed by atoms with Crippen molar-refractivity contribution in [2.24, 2.45) is 5.73 Å². The minimum atomic E-state index is -2.54. The zero-order chi connectivity index (χ0) is 11.8. The molecule has 0 aliphatic heterocycles. The van der Waals surface area contributed by atoms with Crippen molar-refractivity contribution in [3.8, 4) is 0 Å². The Morgan fingerprint density at radius 1 is 1.50 bits per heavy atom. The molecule has 1 saturated carbocycles. The topological polar surface area (TPSA) is 35.2 Å². The summed E-state index contributed by atoms with van der Waals surface area (Å²) in [7, 11) is 1.60. The molecule has 0 bridgehead atoms. The largest absolute Gasteiger partial charge is 0.380 e. The first-order valence-corrected chi connectivity index (χ1v) is 5.27. The average Bonchev–Trinajstić information content (AvgIpc) is 2.88. The number of alkyl halides is 2. The van der Waals surface area contributed by atoms with Crippen LogP contribution in [0.25, 0.3) is 0 Å². The zero-order valence-electron chi connectivity index (χ0n) is 9.17. The molecule has 1 aromatic rings. The van der Waals surface area contributed by atoms with E-state index in [9.17, 15) is 8.78 Å². The number of rotatable bonds is 4. The van der Waals surface area contributed by atoms with E-state index in [1.54, 1.807) is 13.2 Å². The van der Waals surface area contributed by atoms with E-state index >= 15 is 0 Å². The van der Waals surface area contributed by atoms with Gasteiger partial charge in [-0.25, -0.2) is 8.78 Å². The summed E-state index contributed by atoms with van der Waals surface area (Å²) in [5.74, 6) is -3.17. The number of benzene rings is 1. The van der Waals surface area contributed by atoms with Gasteiger partial charge in [-0.1, -0.05) is 18.2 Å². The zero-order valence-corrected chi connectivity index (χ0v) is 9.17. The van der Waals surface area contributed by atoms with Gasteiger partial charge in [-0.05, 0) is 16.7 Å². The van der Waals surface area contributed by atoms with Gasteiger partial charge >= 0.3 is 0 Å². The van der Waals surface area contributed by atoms with Crippen LogP contribution in [0.15, 0.2) is 18.2 Å². The number of hydrogen-bond donors (Lipinski definition) is 1. The van der Waals surface area contributed by atoms with Gasteiger partial charge in [0.1, 0.15) is 0 Å². The molecule has 1 aliphatic rings. The summed E-state index contributed by atoms with van der Waals surface area (Å²) in [5.41, 5.74) is 8.04. The average molecular weight is 227 g/mol. The molecule has 1 fully saturated rings. The molecule has 16 heavy (non-hydrogen) atoms. The Hall–Kier alpha value is -1.00. The molecule has 1 aliphatic carbocycles. The normalized spacial score (nSPS) is 22.1. The van der Waals surface area contributed by atoms with Crippen molar-refractivity contribution < 1.29 is 13.5 Å². The quantitative estimate of drug-likeness (QED) is 0.857. The molecule has 1 atom stereocenters. The molecule has 4 heteroatoms. The Morgan fingerprint density at radius 3 is 2.69 bits per heavy atom. The summed E-state index contributed by atoms with van der Waals surface area (Å²) >= 11 is 0. The van der Waals surface area contributed by atoms with Gasteiger partial charge in [0.05, 0.1) is 12.5 Å². The highest BCUT2D eigenvalue weighted by Gasteiger charge is 2.58. The Labute approximate surface area is 93.4 Å². The van der Waals surface area contributed by atoms with Crippen molar-refractivity contribution in [2.45, 2.75) is 31.4 Å². The van der Waals surface area contributed by atoms with E-state index in [2.05, 4.69) is 0 Å². The van der Waals surface area contributed by atoms with E-state index in [4.69, 9.17) is 10.5 Å². The molecule has 88 valence electrons. The minimum absolute atomic E-state index is 0.0520.